The summed E-state index contributed by atoms with van der Waals surface area (Å²) in [7, 11) is 1.87. The zero-order chi connectivity index (χ0) is 13.2. The Labute approximate surface area is 111 Å². The Morgan fingerprint density at radius 3 is 2.83 bits per heavy atom. The summed E-state index contributed by atoms with van der Waals surface area (Å²) < 4.78 is 5.72. The Bertz CT molecular complexity index is 299. The molecule has 2 aliphatic rings. The van der Waals surface area contributed by atoms with E-state index in [9.17, 15) is 0 Å². The van der Waals surface area contributed by atoms with E-state index in [0.717, 1.165) is 11.8 Å². The molecule has 0 amide bonds. The van der Waals surface area contributed by atoms with Crippen LogP contribution in [0.2, 0.25) is 0 Å². The van der Waals surface area contributed by atoms with Gasteiger partial charge in [0.25, 0.3) is 0 Å². The molecule has 2 saturated carbocycles. The molecule has 0 aromatic heterocycles. The van der Waals surface area contributed by atoms with E-state index in [-0.39, 0.29) is 6.61 Å². The SMILES string of the molecule is COC1CCC[C@@]2(C)C1CC[C@@H]2[C@H](C)/C=C/CO. The minimum Gasteiger partial charge on any atom is -0.392 e. The summed E-state index contributed by atoms with van der Waals surface area (Å²) in [5.74, 6) is 2.07. The van der Waals surface area contributed by atoms with E-state index in [2.05, 4.69) is 19.9 Å². The van der Waals surface area contributed by atoms with Crippen LogP contribution in [0.4, 0.5) is 0 Å². The molecule has 2 rings (SSSR count). The second kappa shape index (κ2) is 5.75. The van der Waals surface area contributed by atoms with Crippen molar-refractivity contribution in [1.29, 1.82) is 0 Å². The van der Waals surface area contributed by atoms with E-state index < -0.39 is 0 Å². The van der Waals surface area contributed by atoms with Crippen LogP contribution in [-0.2, 0) is 4.74 Å². The Kier molecular flexibility index (Phi) is 4.50. The summed E-state index contributed by atoms with van der Waals surface area (Å²) in [5.41, 5.74) is 0.443. The number of rotatable bonds is 4. The van der Waals surface area contributed by atoms with Crippen molar-refractivity contribution in [1.82, 2.24) is 0 Å². The smallest absolute Gasteiger partial charge is 0.0612 e. The van der Waals surface area contributed by atoms with Gasteiger partial charge in [-0.2, -0.15) is 0 Å². The van der Waals surface area contributed by atoms with Crippen molar-refractivity contribution in [2.24, 2.45) is 23.2 Å². The predicted octanol–water partition coefficient (Wildman–Crippen LogP) is 3.40. The van der Waals surface area contributed by atoms with Crippen molar-refractivity contribution >= 4 is 0 Å². The van der Waals surface area contributed by atoms with Gasteiger partial charge < -0.3 is 9.84 Å². The highest BCUT2D eigenvalue weighted by Crippen LogP contribution is 2.58. The van der Waals surface area contributed by atoms with Crippen molar-refractivity contribution in [3.63, 3.8) is 0 Å². The maximum absolute atomic E-state index is 8.93. The Morgan fingerprint density at radius 2 is 2.17 bits per heavy atom. The standard InChI is InChI=1S/C16H28O2/c1-12(6-5-11-17)13-8-9-14-15(18-3)7-4-10-16(13,14)2/h5-6,12-15,17H,4,7-11H2,1-3H3/b6-5+/t12-,13-,14?,15?,16-/m1/s1. The van der Waals surface area contributed by atoms with Crippen LogP contribution in [0.1, 0.15) is 46.0 Å². The first-order valence-electron chi connectivity index (χ1n) is 7.43. The number of hydrogen-bond donors (Lipinski definition) is 1. The highest BCUT2D eigenvalue weighted by Gasteiger charge is 2.52. The molecular weight excluding hydrogens is 224 g/mol. The highest BCUT2D eigenvalue weighted by molar-refractivity contribution is 5.05. The number of aliphatic hydroxyl groups excluding tert-OH is 1. The van der Waals surface area contributed by atoms with Crippen LogP contribution in [-0.4, -0.2) is 24.9 Å². The average molecular weight is 252 g/mol. The van der Waals surface area contributed by atoms with Crippen LogP contribution in [0.15, 0.2) is 12.2 Å². The maximum Gasteiger partial charge on any atom is 0.0612 e. The largest absolute Gasteiger partial charge is 0.392 e. The molecule has 2 heteroatoms. The van der Waals surface area contributed by atoms with E-state index in [0.29, 0.717) is 17.4 Å². The van der Waals surface area contributed by atoms with Gasteiger partial charge >= 0.3 is 0 Å². The van der Waals surface area contributed by atoms with Crippen molar-refractivity contribution in [3.05, 3.63) is 12.2 Å². The molecule has 0 aromatic rings. The third-order valence-corrected chi connectivity index (χ3v) is 5.62. The molecule has 0 aromatic carbocycles. The van der Waals surface area contributed by atoms with Gasteiger partial charge in [0.15, 0.2) is 0 Å². The average Bonchev–Trinajstić information content (AvgIpc) is 2.72. The van der Waals surface area contributed by atoms with Crippen molar-refractivity contribution in [2.45, 2.75) is 52.1 Å². The van der Waals surface area contributed by atoms with Gasteiger partial charge in [-0.3, -0.25) is 0 Å². The summed E-state index contributed by atoms with van der Waals surface area (Å²) >= 11 is 0. The fraction of sp³-hybridized carbons (Fsp3) is 0.875. The van der Waals surface area contributed by atoms with Crippen LogP contribution in [0.3, 0.4) is 0 Å². The van der Waals surface area contributed by atoms with Gasteiger partial charge in [-0.05, 0) is 48.9 Å². The summed E-state index contributed by atoms with van der Waals surface area (Å²) in [6, 6.07) is 0. The lowest BCUT2D eigenvalue weighted by Crippen LogP contribution is -2.42. The van der Waals surface area contributed by atoms with Gasteiger partial charge in [-0.15, -0.1) is 0 Å². The molecule has 5 atom stereocenters. The first kappa shape index (κ1) is 14.1. The molecule has 0 aliphatic heterocycles. The summed E-state index contributed by atoms with van der Waals surface area (Å²) in [4.78, 5) is 0. The molecule has 0 spiro atoms. The number of methoxy groups -OCH3 is 1. The quantitative estimate of drug-likeness (QED) is 0.777. The van der Waals surface area contributed by atoms with Crippen LogP contribution in [0.25, 0.3) is 0 Å². The molecule has 2 fully saturated rings. The van der Waals surface area contributed by atoms with E-state index >= 15 is 0 Å². The minimum absolute atomic E-state index is 0.165. The van der Waals surface area contributed by atoms with Crippen LogP contribution in [0, 0.1) is 23.2 Å². The molecule has 0 radical (unpaired) electrons. The van der Waals surface area contributed by atoms with Crippen LogP contribution >= 0.6 is 0 Å². The lowest BCUT2D eigenvalue weighted by Gasteiger charge is -2.45. The normalized spacial score (nSPS) is 42.1. The Morgan fingerprint density at radius 1 is 1.39 bits per heavy atom. The number of hydrogen-bond acceptors (Lipinski definition) is 2. The highest BCUT2D eigenvalue weighted by atomic mass is 16.5. The van der Waals surface area contributed by atoms with Crippen molar-refractivity contribution < 1.29 is 9.84 Å². The summed E-state index contributed by atoms with van der Waals surface area (Å²) in [5, 5.41) is 8.93. The van der Waals surface area contributed by atoms with Crippen LogP contribution in [0.5, 0.6) is 0 Å². The van der Waals surface area contributed by atoms with Gasteiger partial charge in [-0.1, -0.05) is 32.4 Å². The van der Waals surface area contributed by atoms with Gasteiger partial charge in [0.1, 0.15) is 0 Å². The third-order valence-electron chi connectivity index (χ3n) is 5.62. The number of ether oxygens (including phenoxy) is 1. The first-order chi connectivity index (χ1) is 8.63. The van der Waals surface area contributed by atoms with E-state index in [1.54, 1.807) is 0 Å². The zero-order valence-electron chi connectivity index (χ0n) is 12.1. The molecule has 0 saturated heterocycles. The molecule has 2 aliphatic carbocycles. The second-order valence-electron chi connectivity index (χ2n) is 6.43. The van der Waals surface area contributed by atoms with E-state index in [1.807, 2.05) is 13.2 Å². The Balaban J connectivity index is 2.13. The fourth-order valence-electron chi connectivity index (χ4n) is 4.72. The maximum atomic E-state index is 8.93. The van der Waals surface area contributed by atoms with Gasteiger partial charge in [0.2, 0.25) is 0 Å². The number of aliphatic hydroxyl groups is 1. The zero-order valence-corrected chi connectivity index (χ0v) is 12.1. The number of fused-ring (bicyclic) bond motifs is 1. The molecule has 18 heavy (non-hydrogen) atoms. The Hall–Kier alpha value is -0.340. The van der Waals surface area contributed by atoms with E-state index in [1.165, 1.54) is 32.1 Å². The minimum atomic E-state index is 0.165. The monoisotopic (exact) mass is 252 g/mol. The molecule has 104 valence electrons. The number of allylic oxidation sites excluding steroid dienone is 1. The van der Waals surface area contributed by atoms with Gasteiger partial charge in [0.05, 0.1) is 12.7 Å². The van der Waals surface area contributed by atoms with Crippen molar-refractivity contribution in [3.8, 4) is 0 Å². The molecule has 1 N–H and O–H groups in total. The molecule has 0 bridgehead atoms. The molecular formula is C16H28O2. The van der Waals surface area contributed by atoms with Gasteiger partial charge in [0, 0.05) is 7.11 Å². The van der Waals surface area contributed by atoms with Gasteiger partial charge in [-0.25, -0.2) is 0 Å². The first-order valence-corrected chi connectivity index (χ1v) is 7.43. The van der Waals surface area contributed by atoms with E-state index in [4.69, 9.17) is 9.84 Å². The summed E-state index contributed by atoms with van der Waals surface area (Å²) in [6.07, 6.45) is 11.1. The lowest BCUT2D eigenvalue weighted by molar-refractivity contribution is -0.0468. The predicted molar refractivity (Wildman–Crippen MR) is 74.4 cm³/mol. The molecule has 0 heterocycles. The summed E-state index contributed by atoms with van der Waals surface area (Å²) in [6.45, 7) is 4.95. The third kappa shape index (κ3) is 2.37. The molecule has 2 unspecified atom stereocenters. The fourth-order valence-corrected chi connectivity index (χ4v) is 4.72. The lowest BCUT2D eigenvalue weighted by atomic mass is 9.62. The molecule has 2 nitrogen and oxygen atoms in total. The second-order valence-corrected chi connectivity index (χ2v) is 6.43. The van der Waals surface area contributed by atoms with Crippen molar-refractivity contribution in [2.75, 3.05) is 13.7 Å². The van der Waals surface area contributed by atoms with Crippen LogP contribution < -0.4 is 0 Å². The topological polar surface area (TPSA) is 29.5 Å².